The van der Waals surface area contributed by atoms with Crippen LogP contribution in [0.4, 0.5) is 0 Å². The highest BCUT2D eigenvalue weighted by Crippen LogP contribution is 2.32. The predicted octanol–water partition coefficient (Wildman–Crippen LogP) is 5.57. The zero-order valence-corrected chi connectivity index (χ0v) is 14.6. The lowest BCUT2D eigenvalue weighted by molar-refractivity contribution is 0.185. The highest BCUT2D eigenvalue weighted by atomic mass is 16.5. The van der Waals surface area contributed by atoms with Crippen LogP contribution in [0.2, 0.25) is 0 Å². The molecule has 0 radical (unpaired) electrons. The number of hydrogen-bond acceptors (Lipinski definition) is 2. The maximum atomic E-state index is 5.26. The van der Waals surface area contributed by atoms with Crippen LogP contribution >= 0.6 is 0 Å². The fourth-order valence-electron chi connectivity index (χ4n) is 2.94. The molecule has 0 aliphatic heterocycles. The van der Waals surface area contributed by atoms with Crippen molar-refractivity contribution in [2.45, 2.75) is 33.3 Å². The summed E-state index contributed by atoms with van der Waals surface area (Å²) < 4.78 is 10.5. The van der Waals surface area contributed by atoms with Gasteiger partial charge in [0.1, 0.15) is 5.75 Å². The summed E-state index contributed by atoms with van der Waals surface area (Å²) in [5.74, 6) is 0.895. The molecule has 0 saturated carbocycles. The number of allylic oxidation sites excluding steroid dienone is 2. The van der Waals surface area contributed by atoms with Gasteiger partial charge in [-0.05, 0) is 52.8 Å². The number of rotatable bonds is 7. The Hall–Kier alpha value is -2.06. The van der Waals surface area contributed by atoms with Gasteiger partial charge in [-0.1, -0.05) is 50.2 Å². The quantitative estimate of drug-likeness (QED) is 0.622. The largest absolute Gasteiger partial charge is 0.497 e. The van der Waals surface area contributed by atoms with Crippen molar-refractivity contribution in [2.24, 2.45) is 0 Å². The molecule has 2 rings (SSSR count). The lowest BCUT2D eigenvalue weighted by Crippen LogP contribution is -1.93. The standard InChI is InChI=1S/C21H26O2/c1-5-20(17-9-7-16(8-10-17)15-22-3)21(6-2)18-11-13-19(23-4)14-12-18/h7-14H,5-6,15H2,1-4H3/b21-20+. The van der Waals surface area contributed by atoms with Crippen molar-refractivity contribution in [2.75, 3.05) is 14.2 Å². The van der Waals surface area contributed by atoms with Gasteiger partial charge in [0.05, 0.1) is 13.7 Å². The molecule has 0 N–H and O–H groups in total. The first-order valence-electron chi connectivity index (χ1n) is 8.18. The summed E-state index contributed by atoms with van der Waals surface area (Å²) in [5, 5.41) is 0. The minimum absolute atomic E-state index is 0.657. The Morgan fingerprint density at radius 1 is 0.739 bits per heavy atom. The molecule has 23 heavy (non-hydrogen) atoms. The molecule has 2 heteroatoms. The van der Waals surface area contributed by atoms with E-state index in [9.17, 15) is 0 Å². The van der Waals surface area contributed by atoms with Gasteiger partial charge in [-0.25, -0.2) is 0 Å². The van der Waals surface area contributed by atoms with Crippen molar-refractivity contribution in [3.05, 3.63) is 65.2 Å². The van der Waals surface area contributed by atoms with Crippen molar-refractivity contribution in [1.29, 1.82) is 0 Å². The lowest BCUT2D eigenvalue weighted by atomic mass is 9.91. The second-order valence-corrected chi connectivity index (χ2v) is 5.52. The summed E-state index contributed by atoms with van der Waals surface area (Å²) in [6, 6.07) is 17.0. The fourth-order valence-corrected chi connectivity index (χ4v) is 2.94. The highest BCUT2D eigenvalue weighted by molar-refractivity contribution is 5.90. The molecule has 2 nitrogen and oxygen atoms in total. The summed E-state index contributed by atoms with van der Waals surface area (Å²) >= 11 is 0. The molecule has 0 unspecified atom stereocenters. The van der Waals surface area contributed by atoms with Gasteiger partial charge in [0.2, 0.25) is 0 Å². The summed E-state index contributed by atoms with van der Waals surface area (Å²) in [4.78, 5) is 0. The maximum absolute atomic E-state index is 5.26. The van der Waals surface area contributed by atoms with Crippen molar-refractivity contribution in [3.8, 4) is 5.75 Å². The van der Waals surface area contributed by atoms with Gasteiger partial charge in [0, 0.05) is 7.11 Å². The van der Waals surface area contributed by atoms with Crippen LogP contribution in [0, 0.1) is 0 Å². The van der Waals surface area contributed by atoms with Gasteiger partial charge in [0.15, 0.2) is 0 Å². The molecule has 0 spiro atoms. The van der Waals surface area contributed by atoms with Crippen LogP contribution in [-0.4, -0.2) is 14.2 Å². The monoisotopic (exact) mass is 310 g/mol. The van der Waals surface area contributed by atoms with Crippen LogP contribution in [-0.2, 0) is 11.3 Å². The molecule has 0 aliphatic rings. The minimum atomic E-state index is 0.657. The number of hydrogen-bond donors (Lipinski definition) is 0. The van der Waals surface area contributed by atoms with Crippen LogP contribution in [0.1, 0.15) is 43.4 Å². The third-order valence-corrected chi connectivity index (χ3v) is 4.12. The van der Waals surface area contributed by atoms with Gasteiger partial charge in [0.25, 0.3) is 0 Å². The number of ether oxygens (including phenoxy) is 2. The Morgan fingerprint density at radius 2 is 1.22 bits per heavy atom. The van der Waals surface area contributed by atoms with E-state index in [1.807, 2.05) is 12.1 Å². The van der Waals surface area contributed by atoms with E-state index >= 15 is 0 Å². The van der Waals surface area contributed by atoms with E-state index in [4.69, 9.17) is 9.47 Å². The van der Waals surface area contributed by atoms with Crippen molar-refractivity contribution >= 4 is 11.1 Å². The van der Waals surface area contributed by atoms with Gasteiger partial charge >= 0.3 is 0 Å². The molecule has 0 fully saturated rings. The fraction of sp³-hybridized carbons (Fsp3) is 0.333. The summed E-state index contributed by atoms with van der Waals surface area (Å²) in [6.45, 7) is 5.09. The van der Waals surface area contributed by atoms with E-state index in [0.29, 0.717) is 6.61 Å². The first-order valence-corrected chi connectivity index (χ1v) is 8.18. The van der Waals surface area contributed by atoms with Crippen molar-refractivity contribution in [1.82, 2.24) is 0 Å². The van der Waals surface area contributed by atoms with E-state index in [1.165, 1.54) is 27.8 Å². The summed E-state index contributed by atoms with van der Waals surface area (Å²) in [5.41, 5.74) is 6.57. The first-order chi connectivity index (χ1) is 11.2. The average molecular weight is 310 g/mol. The molecule has 0 saturated heterocycles. The van der Waals surface area contributed by atoms with Gasteiger partial charge in [-0.15, -0.1) is 0 Å². The summed E-state index contributed by atoms with van der Waals surface area (Å²) in [6.07, 6.45) is 2.02. The molecule has 0 atom stereocenters. The molecule has 2 aromatic carbocycles. The first kappa shape index (κ1) is 17.3. The van der Waals surface area contributed by atoms with Crippen LogP contribution in [0.3, 0.4) is 0 Å². The van der Waals surface area contributed by atoms with Crippen LogP contribution in [0.25, 0.3) is 11.1 Å². The average Bonchev–Trinajstić information content (AvgIpc) is 2.61. The van der Waals surface area contributed by atoms with Gasteiger partial charge < -0.3 is 9.47 Å². The van der Waals surface area contributed by atoms with E-state index in [1.54, 1.807) is 14.2 Å². The van der Waals surface area contributed by atoms with Crippen LogP contribution in [0.15, 0.2) is 48.5 Å². The molecule has 0 bridgehead atoms. The predicted molar refractivity (Wildman–Crippen MR) is 97.5 cm³/mol. The zero-order valence-electron chi connectivity index (χ0n) is 14.6. The van der Waals surface area contributed by atoms with E-state index in [2.05, 4.69) is 50.2 Å². The topological polar surface area (TPSA) is 18.5 Å². The third-order valence-electron chi connectivity index (χ3n) is 4.12. The molecule has 0 heterocycles. The second kappa shape index (κ2) is 8.54. The molecule has 2 aromatic rings. The Labute approximate surface area is 139 Å². The number of methoxy groups -OCH3 is 2. The van der Waals surface area contributed by atoms with Crippen LogP contribution < -0.4 is 4.74 Å². The molecule has 0 aliphatic carbocycles. The van der Waals surface area contributed by atoms with Crippen LogP contribution in [0.5, 0.6) is 5.75 Å². The maximum Gasteiger partial charge on any atom is 0.118 e. The molecule has 0 amide bonds. The smallest absolute Gasteiger partial charge is 0.118 e. The Balaban J connectivity index is 2.41. The minimum Gasteiger partial charge on any atom is -0.497 e. The number of benzene rings is 2. The second-order valence-electron chi connectivity index (χ2n) is 5.52. The SMILES string of the molecule is CC/C(=C(/CC)c1ccc(OC)cc1)c1ccc(COC)cc1. The normalized spacial score (nSPS) is 12.0. The lowest BCUT2D eigenvalue weighted by Gasteiger charge is -2.15. The van der Waals surface area contributed by atoms with E-state index in [-0.39, 0.29) is 0 Å². The van der Waals surface area contributed by atoms with Crippen molar-refractivity contribution in [3.63, 3.8) is 0 Å². The third kappa shape index (κ3) is 4.23. The molecule has 0 aromatic heterocycles. The van der Waals surface area contributed by atoms with E-state index < -0.39 is 0 Å². The van der Waals surface area contributed by atoms with E-state index in [0.717, 1.165) is 18.6 Å². The Bertz CT molecular complexity index is 637. The zero-order chi connectivity index (χ0) is 16.7. The van der Waals surface area contributed by atoms with Crippen molar-refractivity contribution < 1.29 is 9.47 Å². The summed E-state index contributed by atoms with van der Waals surface area (Å²) in [7, 11) is 3.43. The Kier molecular flexibility index (Phi) is 6.42. The van der Waals surface area contributed by atoms with Gasteiger partial charge in [-0.3, -0.25) is 0 Å². The molecular formula is C21H26O2. The van der Waals surface area contributed by atoms with Gasteiger partial charge in [-0.2, -0.15) is 0 Å². The molecule has 122 valence electrons. The molecular weight excluding hydrogens is 284 g/mol. The Morgan fingerprint density at radius 3 is 1.61 bits per heavy atom. The highest BCUT2D eigenvalue weighted by Gasteiger charge is 2.09.